The van der Waals surface area contributed by atoms with Crippen molar-refractivity contribution < 1.29 is 37.3 Å². The molecule has 0 aromatic carbocycles. The van der Waals surface area contributed by atoms with Crippen LogP contribution >= 0.6 is 7.82 Å². The van der Waals surface area contributed by atoms with Crippen LogP contribution in [0.15, 0.2) is 85.1 Å². The Morgan fingerprint density at radius 1 is 0.485 bits per heavy atom. The van der Waals surface area contributed by atoms with E-state index in [1.165, 1.54) is 109 Å². The Hall–Kier alpha value is -2.32. The summed E-state index contributed by atoms with van der Waals surface area (Å²) < 4.78 is 34.8. The van der Waals surface area contributed by atoms with Gasteiger partial charge in [0.25, 0.3) is 7.82 Å². The second-order valence-electron chi connectivity index (χ2n) is 18.9. The van der Waals surface area contributed by atoms with Gasteiger partial charge in [0.15, 0.2) is 0 Å². The maximum atomic E-state index is 12.8. The Morgan fingerprint density at radius 2 is 0.879 bits per heavy atom. The van der Waals surface area contributed by atoms with Gasteiger partial charge < -0.3 is 27.9 Å². The Morgan fingerprint density at radius 3 is 1.33 bits per heavy atom. The molecule has 0 aromatic rings. The summed E-state index contributed by atoms with van der Waals surface area (Å²) in [6.07, 6.45) is 66.1. The van der Waals surface area contributed by atoms with Crippen molar-refractivity contribution in [2.24, 2.45) is 0 Å². The number of nitrogens with zero attached hydrogens (tertiary/aromatic N) is 1. The molecule has 0 fully saturated rings. The summed E-state index contributed by atoms with van der Waals surface area (Å²) in [6, 6.07) is 0. The summed E-state index contributed by atoms with van der Waals surface area (Å²) in [5.41, 5.74) is 0. The molecule has 2 unspecified atom stereocenters. The van der Waals surface area contributed by atoms with Crippen molar-refractivity contribution in [1.29, 1.82) is 0 Å². The predicted octanol–water partition coefficient (Wildman–Crippen LogP) is 16.1. The van der Waals surface area contributed by atoms with E-state index in [1.54, 1.807) is 0 Å². The summed E-state index contributed by atoms with van der Waals surface area (Å²) in [4.78, 5) is 25.2. The molecule has 0 bridgehead atoms. The lowest BCUT2D eigenvalue weighted by atomic mass is 10.1. The fraction of sp³-hybridized carbons (Fsp3) is 0.737. The second-order valence-corrected chi connectivity index (χ2v) is 20.3. The van der Waals surface area contributed by atoms with Crippen LogP contribution in [0, 0.1) is 0 Å². The van der Waals surface area contributed by atoms with Gasteiger partial charge in [-0.05, 0) is 89.9 Å². The third kappa shape index (κ3) is 52.6. The van der Waals surface area contributed by atoms with Gasteiger partial charge in [-0.25, -0.2) is 0 Å². The topological polar surface area (TPSA) is 94.1 Å². The van der Waals surface area contributed by atoms with Crippen molar-refractivity contribution in [1.82, 2.24) is 0 Å². The zero-order valence-electron chi connectivity index (χ0n) is 43.4. The first kappa shape index (κ1) is 63.7. The number of carbonyl (C=O) groups excluding carboxylic acids is 1. The molecule has 0 radical (unpaired) electrons. The molecule has 0 saturated heterocycles. The maximum absolute atomic E-state index is 12.8. The van der Waals surface area contributed by atoms with Gasteiger partial charge in [-0.1, -0.05) is 202 Å². The van der Waals surface area contributed by atoms with Gasteiger partial charge in [0.1, 0.15) is 19.3 Å². The zero-order valence-corrected chi connectivity index (χ0v) is 44.3. The monoisotopic (exact) mass is 944 g/mol. The Balaban J connectivity index is 4.19. The number of hydrogen-bond acceptors (Lipinski definition) is 7. The normalized spacial score (nSPS) is 14.2. The standard InChI is InChI=1S/C57H102NO7P/c1-6-8-10-12-14-16-18-20-22-24-26-27-28-29-30-31-32-34-36-38-40-42-44-46-48-50-57(59)65-56(55-64-66(60,61)63-53-51-58(3,4)5)54-62-52-49-47-45-43-41-39-37-35-33-25-23-21-19-17-15-13-11-9-7-2/h8,10,14,16,20,22-23,25-27,29-30,32,34,56H,6-7,9,11-13,15,17-19,21,24,28,31,33,35-55H2,1-5H3/b10-8-,16-14-,22-20-,25-23-,27-26-,30-29-,34-32-. The largest absolute Gasteiger partial charge is 0.756 e. The van der Waals surface area contributed by atoms with Crippen LogP contribution in [-0.4, -0.2) is 70.7 Å². The van der Waals surface area contributed by atoms with Crippen LogP contribution in [0.3, 0.4) is 0 Å². The molecule has 0 rings (SSSR count). The number of quaternary nitrogens is 1. The number of unbranched alkanes of at least 4 members (excludes halogenated alkanes) is 21. The van der Waals surface area contributed by atoms with Crippen LogP contribution in [0.2, 0.25) is 0 Å². The number of ether oxygens (including phenoxy) is 2. The lowest BCUT2D eigenvalue weighted by molar-refractivity contribution is -0.870. The SMILES string of the molecule is CC/C=C\C/C=C\C/C=C\C/C=C\C/C=C\C/C=C\CCCCCCCCC(=O)OC(COCCCCCCCCCC/C=C\CCCCCCCCC)COP(=O)([O-])OCC[N+](C)(C)C. The number of phosphoric ester groups is 1. The summed E-state index contributed by atoms with van der Waals surface area (Å²) in [6.45, 7) is 5.27. The smallest absolute Gasteiger partial charge is 0.306 e. The third-order valence-corrected chi connectivity index (χ3v) is 12.1. The van der Waals surface area contributed by atoms with E-state index >= 15 is 0 Å². The van der Waals surface area contributed by atoms with Crippen LogP contribution in [0.1, 0.15) is 213 Å². The average Bonchev–Trinajstić information content (AvgIpc) is 3.28. The molecule has 0 aliphatic heterocycles. The predicted molar refractivity (Wildman–Crippen MR) is 282 cm³/mol. The highest BCUT2D eigenvalue weighted by molar-refractivity contribution is 7.45. The van der Waals surface area contributed by atoms with E-state index in [9.17, 15) is 14.3 Å². The molecule has 8 nitrogen and oxygen atoms in total. The molecule has 2 atom stereocenters. The molecular weight excluding hydrogens is 842 g/mol. The van der Waals surface area contributed by atoms with Crippen LogP contribution < -0.4 is 4.89 Å². The lowest BCUT2D eigenvalue weighted by Gasteiger charge is -2.28. The van der Waals surface area contributed by atoms with E-state index < -0.39 is 13.9 Å². The zero-order chi connectivity index (χ0) is 48.3. The number of likely N-dealkylation sites (N-methyl/N-ethyl adjacent to an activating group) is 1. The van der Waals surface area contributed by atoms with Crippen molar-refractivity contribution in [3.63, 3.8) is 0 Å². The van der Waals surface area contributed by atoms with Crippen LogP contribution in [-0.2, 0) is 27.9 Å². The minimum absolute atomic E-state index is 0.0183. The van der Waals surface area contributed by atoms with E-state index in [1.807, 2.05) is 21.1 Å². The average molecular weight is 944 g/mol. The maximum Gasteiger partial charge on any atom is 0.306 e. The first-order valence-corrected chi connectivity index (χ1v) is 28.3. The number of phosphoric acid groups is 1. The van der Waals surface area contributed by atoms with Gasteiger partial charge in [0.2, 0.25) is 0 Å². The van der Waals surface area contributed by atoms with Gasteiger partial charge in [0, 0.05) is 13.0 Å². The van der Waals surface area contributed by atoms with Crippen molar-refractivity contribution in [2.45, 2.75) is 219 Å². The van der Waals surface area contributed by atoms with Crippen molar-refractivity contribution >= 4 is 13.8 Å². The summed E-state index contributed by atoms with van der Waals surface area (Å²) in [7, 11) is 1.33. The number of allylic oxidation sites excluding steroid dienone is 14. The Bertz CT molecular complexity index is 1330. The third-order valence-electron chi connectivity index (χ3n) is 11.2. The van der Waals surface area contributed by atoms with E-state index in [0.29, 0.717) is 24.1 Å². The summed E-state index contributed by atoms with van der Waals surface area (Å²) in [5.74, 6) is -0.351. The van der Waals surface area contributed by atoms with Crippen LogP contribution in [0.25, 0.3) is 0 Å². The molecule has 0 aliphatic carbocycles. The highest BCUT2D eigenvalue weighted by Crippen LogP contribution is 2.38. The molecule has 0 heterocycles. The van der Waals surface area contributed by atoms with Gasteiger partial charge >= 0.3 is 5.97 Å². The first-order valence-electron chi connectivity index (χ1n) is 26.8. The highest BCUT2D eigenvalue weighted by atomic mass is 31.2. The van der Waals surface area contributed by atoms with Crippen molar-refractivity contribution in [3.8, 4) is 0 Å². The molecule has 382 valence electrons. The fourth-order valence-electron chi connectivity index (χ4n) is 7.07. The van der Waals surface area contributed by atoms with Gasteiger partial charge in [-0.3, -0.25) is 9.36 Å². The molecule has 0 amide bonds. The van der Waals surface area contributed by atoms with Gasteiger partial charge in [0.05, 0.1) is 34.4 Å². The minimum atomic E-state index is -4.54. The van der Waals surface area contributed by atoms with E-state index in [2.05, 4.69) is 98.9 Å². The van der Waals surface area contributed by atoms with Gasteiger partial charge in [-0.15, -0.1) is 0 Å². The van der Waals surface area contributed by atoms with E-state index in [0.717, 1.165) is 83.5 Å². The Labute approximate surface area is 407 Å². The van der Waals surface area contributed by atoms with Crippen molar-refractivity contribution in [2.75, 3.05) is 54.1 Å². The first-order chi connectivity index (χ1) is 32.1. The molecular formula is C57H102NO7P. The minimum Gasteiger partial charge on any atom is -0.756 e. The molecule has 0 spiro atoms. The van der Waals surface area contributed by atoms with Crippen LogP contribution in [0.5, 0.6) is 0 Å². The van der Waals surface area contributed by atoms with Crippen molar-refractivity contribution in [3.05, 3.63) is 85.1 Å². The number of hydrogen-bond donors (Lipinski definition) is 0. The van der Waals surface area contributed by atoms with E-state index in [-0.39, 0.29) is 25.8 Å². The molecule has 9 heteroatoms. The quantitative estimate of drug-likeness (QED) is 0.0197. The van der Waals surface area contributed by atoms with Gasteiger partial charge in [-0.2, -0.15) is 0 Å². The molecule has 0 N–H and O–H groups in total. The summed E-state index contributed by atoms with van der Waals surface area (Å²) >= 11 is 0. The number of esters is 1. The molecule has 0 saturated carbocycles. The lowest BCUT2D eigenvalue weighted by Crippen LogP contribution is -2.37. The molecule has 0 aliphatic rings. The fourth-order valence-corrected chi connectivity index (χ4v) is 7.80. The highest BCUT2D eigenvalue weighted by Gasteiger charge is 2.20. The van der Waals surface area contributed by atoms with Crippen LogP contribution in [0.4, 0.5) is 0 Å². The summed E-state index contributed by atoms with van der Waals surface area (Å²) in [5, 5.41) is 0. The molecule has 66 heavy (non-hydrogen) atoms. The molecule has 0 aromatic heterocycles. The number of rotatable bonds is 49. The second kappa shape index (κ2) is 49.1. The number of carbonyl (C=O) groups is 1. The Kier molecular flexibility index (Phi) is 47.4. The van der Waals surface area contributed by atoms with E-state index in [4.69, 9.17) is 18.5 Å².